The van der Waals surface area contributed by atoms with Gasteiger partial charge in [0.25, 0.3) is 0 Å². The van der Waals surface area contributed by atoms with E-state index in [1.807, 2.05) is 45.1 Å². The Hall–Kier alpha value is -3.51. The minimum atomic E-state index is -2.45. The van der Waals surface area contributed by atoms with E-state index in [0.717, 1.165) is 10.5 Å². The summed E-state index contributed by atoms with van der Waals surface area (Å²) in [4.78, 5) is 43.6. The fourth-order valence-corrected chi connectivity index (χ4v) is 3.81. The molecule has 0 saturated carbocycles. The molecule has 0 saturated heterocycles. The second-order valence-electron chi connectivity index (χ2n) is 9.15. The van der Waals surface area contributed by atoms with Gasteiger partial charge in [0.1, 0.15) is 6.61 Å². The van der Waals surface area contributed by atoms with E-state index < -0.39 is 30.8 Å². The van der Waals surface area contributed by atoms with E-state index in [2.05, 4.69) is 16.5 Å². The van der Waals surface area contributed by atoms with Crippen LogP contribution in [0.2, 0.25) is 18.1 Å². The Morgan fingerprint density at radius 3 is 2.57 bits per heavy atom. The van der Waals surface area contributed by atoms with Gasteiger partial charge in [-0.1, -0.05) is 50.8 Å². The van der Waals surface area contributed by atoms with Crippen molar-refractivity contribution in [2.24, 2.45) is 0 Å². The van der Waals surface area contributed by atoms with Crippen molar-refractivity contribution in [3.05, 3.63) is 58.2 Å². The average molecular weight is 504 g/mol. The van der Waals surface area contributed by atoms with Crippen molar-refractivity contribution in [3.8, 4) is 6.01 Å². The molecule has 0 radical (unpaired) electrons. The molecule has 1 amide bonds. The van der Waals surface area contributed by atoms with Gasteiger partial charge in [0.2, 0.25) is 11.6 Å². The molecule has 0 fully saturated rings. The maximum absolute atomic E-state index is 12.9. The largest absolute Gasteiger partial charge is 0.459 e. The second-order valence-corrected chi connectivity index (χ2v) is 13.6. The highest BCUT2D eigenvalue weighted by Gasteiger charge is 2.38. The Bertz CT molecular complexity index is 1090. The Labute approximate surface area is 205 Å². The van der Waals surface area contributed by atoms with Gasteiger partial charge in [-0.2, -0.15) is 9.97 Å². The van der Waals surface area contributed by atoms with Crippen LogP contribution in [-0.2, 0) is 17.7 Å². The first kappa shape index (κ1) is 27.7. The lowest BCUT2D eigenvalue weighted by molar-refractivity contribution is -0.383. The van der Waals surface area contributed by atoms with E-state index in [1.54, 1.807) is 13.0 Å². The number of ether oxygens (including phenoxy) is 2. The molecule has 1 heterocycles. The molecule has 0 atom stereocenters. The fraction of sp³-hybridized carbons (Fsp3) is 0.435. The van der Waals surface area contributed by atoms with Crippen molar-refractivity contribution in [2.45, 2.75) is 51.9 Å². The number of nitro groups is 1. The molecule has 2 rings (SSSR count). The summed E-state index contributed by atoms with van der Waals surface area (Å²) in [7, 11) is -2.45. The number of carbonyl (C=O) groups excluding carboxylic acids is 1. The zero-order chi connectivity index (χ0) is 26.4. The highest BCUT2D eigenvalue weighted by molar-refractivity contribution is 6.72. The van der Waals surface area contributed by atoms with Gasteiger partial charge in [0, 0.05) is 0 Å². The molecule has 0 aliphatic heterocycles. The van der Waals surface area contributed by atoms with Crippen LogP contribution in [-0.4, -0.2) is 47.3 Å². The maximum Gasteiger partial charge on any atom is 0.415 e. The summed E-state index contributed by atoms with van der Waals surface area (Å²) < 4.78 is 10.5. The van der Waals surface area contributed by atoms with E-state index >= 15 is 0 Å². The summed E-state index contributed by atoms with van der Waals surface area (Å²) in [5.74, 6) is -0.784. The SMILES string of the molecule is C=CCOc1nc(N)c([N+](=O)[O-])c(N(Cc2cccc(CC(C)(C)[Si](C)(C)O)c2)C(=O)OCC)n1. The van der Waals surface area contributed by atoms with E-state index in [1.165, 1.54) is 6.08 Å². The summed E-state index contributed by atoms with van der Waals surface area (Å²) in [5, 5.41) is 11.5. The fourth-order valence-electron chi connectivity index (χ4n) is 3.17. The molecule has 3 N–H and O–H groups in total. The van der Waals surface area contributed by atoms with E-state index in [0.29, 0.717) is 12.0 Å². The summed E-state index contributed by atoms with van der Waals surface area (Å²) in [5.41, 5.74) is 6.85. The van der Waals surface area contributed by atoms with Crippen LogP contribution < -0.4 is 15.4 Å². The number of hydrogen-bond donors (Lipinski definition) is 2. The molecule has 11 nitrogen and oxygen atoms in total. The average Bonchev–Trinajstić information content (AvgIpc) is 2.74. The number of nitrogens with zero attached hydrogens (tertiary/aromatic N) is 4. The molecule has 0 unspecified atom stereocenters. The maximum atomic E-state index is 12.9. The molecule has 1 aromatic carbocycles. The summed E-state index contributed by atoms with van der Waals surface area (Å²) >= 11 is 0. The number of aromatic nitrogens is 2. The molecular weight excluding hydrogens is 470 g/mol. The van der Waals surface area contributed by atoms with Gasteiger partial charge in [-0.25, -0.2) is 4.79 Å². The number of carbonyl (C=O) groups is 1. The first-order valence-electron chi connectivity index (χ1n) is 11.1. The van der Waals surface area contributed by atoms with Gasteiger partial charge in [0.15, 0.2) is 8.32 Å². The number of anilines is 2. The third-order valence-electron chi connectivity index (χ3n) is 5.76. The van der Waals surface area contributed by atoms with Crippen molar-refractivity contribution >= 4 is 31.7 Å². The number of nitrogen functional groups attached to an aromatic ring is 1. The minimum absolute atomic E-state index is 0.0401. The van der Waals surface area contributed by atoms with E-state index in [4.69, 9.17) is 15.2 Å². The highest BCUT2D eigenvalue weighted by atomic mass is 28.4. The molecule has 0 spiro atoms. The van der Waals surface area contributed by atoms with Crippen molar-refractivity contribution < 1.29 is 24.0 Å². The molecule has 1 aromatic heterocycles. The van der Waals surface area contributed by atoms with Crippen molar-refractivity contribution in [3.63, 3.8) is 0 Å². The predicted octanol–water partition coefficient (Wildman–Crippen LogP) is 4.22. The predicted molar refractivity (Wildman–Crippen MR) is 136 cm³/mol. The van der Waals surface area contributed by atoms with Crippen molar-refractivity contribution in [2.75, 3.05) is 23.8 Å². The molecular formula is C23H33N5O6Si. The molecule has 12 heteroatoms. The van der Waals surface area contributed by atoms with Crippen molar-refractivity contribution in [1.29, 1.82) is 0 Å². The topological polar surface area (TPSA) is 154 Å². The quantitative estimate of drug-likeness (QED) is 0.198. The highest BCUT2D eigenvalue weighted by Crippen LogP contribution is 2.39. The van der Waals surface area contributed by atoms with Crippen LogP contribution in [0, 0.1) is 10.1 Å². The lowest BCUT2D eigenvalue weighted by Crippen LogP contribution is -2.40. The van der Waals surface area contributed by atoms with E-state index in [-0.39, 0.29) is 36.6 Å². The smallest absolute Gasteiger partial charge is 0.415 e. The zero-order valence-electron chi connectivity index (χ0n) is 20.8. The van der Waals surface area contributed by atoms with Gasteiger partial charge in [-0.05, 0) is 42.6 Å². The van der Waals surface area contributed by atoms with Crippen LogP contribution in [0.5, 0.6) is 6.01 Å². The Balaban J connectivity index is 2.54. The van der Waals surface area contributed by atoms with Crippen LogP contribution in [0.1, 0.15) is 31.9 Å². The third-order valence-corrected chi connectivity index (χ3v) is 9.25. The van der Waals surface area contributed by atoms with Gasteiger partial charge < -0.3 is 20.0 Å². The normalized spacial score (nSPS) is 11.6. The van der Waals surface area contributed by atoms with Gasteiger partial charge >= 0.3 is 17.8 Å². The number of nitrogens with two attached hydrogens (primary N) is 1. The van der Waals surface area contributed by atoms with Gasteiger partial charge in [-0.3, -0.25) is 15.0 Å². The molecule has 190 valence electrons. The first-order chi connectivity index (χ1) is 16.3. The monoisotopic (exact) mass is 503 g/mol. The third kappa shape index (κ3) is 6.99. The molecule has 0 aliphatic carbocycles. The van der Waals surface area contributed by atoms with Crippen molar-refractivity contribution in [1.82, 2.24) is 9.97 Å². The number of benzene rings is 1. The van der Waals surface area contributed by atoms with Crippen LogP contribution in [0.4, 0.5) is 22.1 Å². The van der Waals surface area contributed by atoms with Crippen LogP contribution in [0.3, 0.4) is 0 Å². The second kappa shape index (κ2) is 11.3. The summed E-state index contributed by atoms with van der Waals surface area (Å²) in [6, 6.07) is 7.21. The van der Waals surface area contributed by atoms with Gasteiger partial charge in [0.05, 0.1) is 18.1 Å². The summed E-state index contributed by atoms with van der Waals surface area (Å²) in [6.07, 6.45) is 1.24. The molecule has 0 aliphatic rings. The minimum Gasteiger partial charge on any atom is -0.459 e. The molecule has 35 heavy (non-hydrogen) atoms. The number of amides is 1. The Morgan fingerprint density at radius 2 is 2.00 bits per heavy atom. The zero-order valence-corrected chi connectivity index (χ0v) is 21.8. The van der Waals surface area contributed by atoms with Gasteiger partial charge in [-0.15, -0.1) is 0 Å². The van der Waals surface area contributed by atoms with Crippen LogP contribution in [0.15, 0.2) is 36.9 Å². The lowest BCUT2D eigenvalue weighted by Gasteiger charge is -2.35. The van der Waals surface area contributed by atoms with E-state index in [9.17, 15) is 19.7 Å². The van der Waals surface area contributed by atoms with Crippen LogP contribution in [0.25, 0.3) is 0 Å². The standard InChI is InChI=1S/C23H33N5O6Si/c1-7-12-34-21-25-19(24)18(28(30)31)20(26-21)27(22(29)33-8-2)15-17-11-9-10-16(13-17)14-23(3,4)35(5,6)32/h7,9-11,13,32H,1,8,12,14-15H2,2-6H3,(H2,24,25,26). The molecule has 0 bridgehead atoms. The first-order valence-corrected chi connectivity index (χ1v) is 14.1. The van der Waals surface area contributed by atoms with Crippen LogP contribution >= 0.6 is 0 Å². The Kier molecular flexibility index (Phi) is 8.93. The lowest BCUT2D eigenvalue weighted by atomic mass is 10.00. The Morgan fingerprint density at radius 1 is 1.34 bits per heavy atom. The number of hydrogen-bond acceptors (Lipinski definition) is 9. The summed E-state index contributed by atoms with van der Waals surface area (Å²) in [6.45, 7) is 13.0. The number of rotatable bonds is 11. The molecule has 2 aromatic rings.